The van der Waals surface area contributed by atoms with Crippen LogP contribution in [0.25, 0.3) is 0 Å². The van der Waals surface area contributed by atoms with Crippen LogP contribution in [-0.4, -0.2) is 28.4 Å². The summed E-state index contributed by atoms with van der Waals surface area (Å²) in [6.45, 7) is 1.63. The van der Waals surface area contributed by atoms with E-state index in [0.29, 0.717) is 17.9 Å². The van der Waals surface area contributed by atoms with Gasteiger partial charge in [0, 0.05) is 5.75 Å². The van der Waals surface area contributed by atoms with Crippen molar-refractivity contribution in [3.8, 4) is 6.07 Å². The Bertz CT molecular complexity index is 576. The van der Waals surface area contributed by atoms with E-state index in [9.17, 15) is 14.9 Å². The highest BCUT2D eigenvalue weighted by molar-refractivity contribution is 8.00. The molecule has 1 N–H and O–H groups in total. The van der Waals surface area contributed by atoms with Crippen LogP contribution in [-0.2, 0) is 16.0 Å². The van der Waals surface area contributed by atoms with Crippen molar-refractivity contribution in [2.75, 3.05) is 11.5 Å². The Morgan fingerprint density at radius 3 is 2.60 bits per heavy atom. The lowest BCUT2D eigenvalue weighted by Gasteiger charge is -2.18. The van der Waals surface area contributed by atoms with Crippen molar-refractivity contribution in [3.63, 3.8) is 0 Å². The van der Waals surface area contributed by atoms with Gasteiger partial charge < -0.3 is 5.11 Å². The molecule has 1 heterocycles. The summed E-state index contributed by atoms with van der Waals surface area (Å²) >= 11 is 1.50. The highest BCUT2D eigenvalue weighted by atomic mass is 32.2. The van der Waals surface area contributed by atoms with Crippen LogP contribution in [0, 0.1) is 16.7 Å². The highest BCUT2D eigenvalue weighted by Crippen LogP contribution is 2.35. The molecule has 0 bridgehead atoms. The number of carbonyl (C=O) groups is 2. The highest BCUT2D eigenvalue weighted by Gasteiger charge is 2.42. The standard InChI is InChI=1S/C15H15NO3S/c1-10(14(18)19)12-4-2-11(3-5-12)6-15(8-16)9-20-7-13(15)17/h2-5,10H,6-7,9H2,1H3,(H,18,19). The molecule has 2 atom stereocenters. The van der Waals surface area contributed by atoms with E-state index in [1.54, 1.807) is 19.1 Å². The summed E-state index contributed by atoms with van der Waals surface area (Å²) in [5.74, 6) is -0.489. The third-order valence-electron chi connectivity index (χ3n) is 3.69. The van der Waals surface area contributed by atoms with Crippen molar-refractivity contribution in [1.29, 1.82) is 5.26 Å². The quantitative estimate of drug-likeness (QED) is 0.919. The number of rotatable bonds is 4. The van der Waals surface area contributed by atoms with Crippen molar-refractivity contribution in [2.24, 2.45) is 5.41 Å². The average Bonchev–Trinajstić information content (AvgIpc) is 2.80. The van der Waals surface area contributed by atoms with Crippen molar-refractivity contribution in [3.05, 3.63) is 35.4 Å². The summed E-state index contributed by atoms with van der Waals surface area (Å²) in [7, 11) is 0. The van der Waals surface area contributed by atoms with Crippen LogP contribution in [0.2, 0.25) is 0 Å². The molecule has 2 unspecified atom stereocenters. The van der Waals surface area contributed by atoms with E-state index in [-0.39, 0.29) is 5.78 Å². The number of nitrogens with zero attached hydrogens (tertiary/aromatic N) is 1. The number of carbonyl (C=O) groups excluding carboxylic acids is 1. The first-order valence-electron chi connectivity index (χ1n) is 6.32. The van der Waals surface area contributed by atoms with Crippen molar-refractivity contribution < 1.29 is 14.7 Å². The minimum atomic E-state index is -0.912. The van der Waals surface area contributed by atoms with E-state index < -0.39 is 17.3 Å². The summed E-state index contributed by atoms with van der Waals surface area (Å²) in [5.41, 5.74) is 0.702. The molecular weight excluding hydrogens is 274 g/mol. The van der Waals surface area contributed by atoms with Gasteiger partial charge in [0.2, 0.25) is 0 Å². The molecule has 0 amide bonds. The maximum Gasteiger partial charge on any atom is 0.310 e. The Morgan fingerprint density at radius 1 is 1.50 bits per heavy atom. The fourth-order valence-electron chi connectivity index (χ4n) is 2.24. The lowest BCUT2D eigenvalue weighted by atomic mass is 9.81. The molecule has 104 valence electrons. The van der Waals surface area contributed by atoms with Crippen LogP contribution < -0.4 is 0 Å². The zero-order valence-electron chi connectivity index (χ0n) is 11.1. The lowest BCUT2D eigenvalue weighted by molar-refractivity contribution is -0.138. The van der Waals surface area contributed by atoms with Gasteiger partial charge in [-0.3, -0.25) is 9.59 Å². The zero-order chi connectivity index (χ0) is 14.8. The molecule has 1 saturated heterocycles. The van der Waals surface area contributed by atoms with Gasteiger partial charge in [-0.1, -0.05) is 24.3 Å². The van der Waals surface area contributed by atoms with Crippen LogP contribution in [0.5, 0.6) is 0 Å². The van der Waals surface area contributed by atoms with Crippen LogP contribution in [0.1, 0.15) is 24.0 Å². The number of hydrogen-bond donors (Lipinski definition) is 1. The molecule has 1 aromatic carbocycles. The molecule has 5 heteroatoms. The topological polar surface area (TPSA) is 78.2 Å². The number of aliphatic carboxylic acids is 1. The van der Waals surface area contributed by atoms with Crippen LogP contribution >= 0.6 is 11.8 Å². The summed E-state index contributed by atoms with van der Waals surface area (Å²) < 4.78 is 0. The molecule has 4 nitrogen and oxygen atoms in total. The number of nitriles is 1. The molecule has 0 aliphatic carbocycles. The summed E-state index contributed by atoms with van der Waals surface area (Å²) in [4.78, 5) is 22.8. The fourth-order valence-corrected chi connectivity index (χ4v) is 3.48. The number of carboxylic acid groups (broad SMARTS) is 1. The van der Waals surface area contributed by atoms with Crippen LogP contribution in [0.3, 0.4) is 0 Å². The van der Waals surface area contributed by atoms with Gasteiger partial charge in [0.05, 0.1) is 17.7 Å². The van der Waals surface area contributed by atoms with E-state index in [1.165, 1.54) is 11.8 Å². The average molecular weight is 289 g/mol. The van der Waals surface area contributed by atoms with Gasteiger partial charge in [-0.2, -0.15) is 17.0 Å². The molecule has 1 fully saturated rings. The molecule has 0 spiro atoms. The molecule has 0 radical (unpaired) electrons. The van der Waals surface area contributed by atoms with Crippen LogP contribution in [0.15, 0.2) is 24.3 Å². The van der Waals surface area contributed by atoms with Gasteiger partial charge in [-0.25, -0.2) is 0 Å². The van der Waals surface area contributed by atoms with Crippen molar-refractivity contribution >= 4 is 23.5 Å². The smallest absolute Gasteiger partial charge is 0.310 e. The zero-order valence-corrected chi connectivity index (χ0v) is 11.9. The van der Waals surface area contributed by atoms with Crippen molar-refractivity contribution in [1.82, 2.24) is 0 Å². The molecular formula is C15H15NO3S. The second-order valence-corrected chi connectivity index (χ2v) is 6.07. The molecule has 1 aliphatic rings. The monoisotopic (exact) mass is 289 g/mol. The van der Waals surface area contributed by atoms with Gasteiger partial charge in [0.1, 0.15) is 5.41 Å². The second-order valence-electron chi connectivity index (χ2n) is 5.09. The largest absolute Gasteiger partial charge is 0.481 e. The van der Waals surface area contributed by atoms with Gasteiger partial charge in [-0.15, -0.1) is 0 Å². The third kappa shape index (κ3) is 2.70. The number of Topliss-reactive ketones (excluding diaryl/α,β-unsaturated/α-hetero) is 1. The minimum absolute atomic E-state index is 0.00650. The van der Waals surface area contributed by atoms with Gasteiger partial charge >= 0.3 is 5.97 Å². The first-order valence-corrected chi connectivity index (χ1v) is 7.48. The predicted molar refractivity (Wildman–Crippen MR) is 76.6 cm³/mol. The van der Waals surface area contributed by atoms with E-state index in [0.717, 1.165) is 11.1 Å². The molecule has 0 aromatic heterocycles. The molecule has 0 saturated carbocycles. The Balaban J connectivity index is 2.17. The van der Waals surface area contributed by atoms with Crippen LogP contribution in [0.4, 0.5) is 0 Å². The summed E-state index contributed by atoms with van der Waals surface area (Å²) in [5, 5.41) is 18.3. The summed E-state index contributed by atoms with van der Waals surface area (Å²) in [6.07, 6.45) is 0.400. The number of ketones is 1. The minimum Gasteiger partial charge on any atom is -0.481 e. The molecule has 1 aliphatic heterocycles. The lowest BCUT2D eigenvalue weighted by Crippen LogP contribution is -2.30. The first-order chi connectivity index (χ1) is 9.48. The first kappa shape index (κ1) is 14.6. The normalized spacial score (nSPS) is 23.3. The number of carboxylic acids is 1. The molecule has 20 heavy (non-hydrogen) atoms. The Morgan fingerprint density at radius 2 is 2.15 bits per heavy atom. The van der Waals surface area contributed by atoms with Gasteiger partial charge in [0.25, 0.3) is 0 Å². The number of benzene rings is 1. The fraction of sp³-hybridized carbons (Fsp3) is 0.400. The molecule has 2 rings (SSSR count). The van der Waals surface area contributed by atoms with Crippen molar-refractivity contribution in [2.45, 2.75) is 19.3 Å². The van der Waals surface area contributed by atoms with E-state index >= 15 is 0 Å². The SMILES string of the molecule is CC(C(=O)O)c1ccc(CC2(C#N)CSCC2=O)cc1. The Hall–Kier alpha value is -1.80. The third-order valence-corrected chi connectivity index (χ3v) is 4.85. The van der Waals surface area contributed by atoms with E-state index in [4.69, 9.17) is 5.11 Å². The number of hydrogen-bond acceptors (Lipinski definition) is 4. The number of thioether (sulfide) groups is 1. The van der Waals surface area contributed by atoms with Gasteiger partial charge in [-0.05, 0) is 24.5 Å². The molecule has 1 aromatic rings. The van der Waals surface area contributed by atoms with E-state index in [1.807, 2.05) is 12.1 Å². The van der Waals surface area contributed by atoms with Gasteiger partial charge in [0.15, 0.2) is 5.78 Å². The Labute approximate surface area is 121 Å². The second kappa shape index (κ2) is 5.68. The predicted octanol–water partition coefficient (Wildman–Crippen LogP) is 2.24. The van der Waals surface area contributed by atoms with E-state index in [2.05, 4.69) is 6.07 Å². The summed E-state index contributed by atoms with van der Waals surface area (Å²) in [6, 6.07) is 9.30. The Kier molecular flexibility index (Phi) is 4.15. The maximum absolute atomic E-state index is 11.9. The maximum atomic E-state index is 11.9.